The number of nitrogens with two attached hydrogens (primary N) is 1. The van der Waals surface area contributed by atoms with Gasteiger partial charge in [0.2, 0.25) is 0 Å². The summed E-state index contributed by atoms with van der Waals surface area (Å²) in [5.74, 6) is -0.109. The van der Waals surface area contributed by atoms with Crippen LogP contribution in [-0.2, 0) is 54.7 Å². The lowest BCUT2D eigenvalue weighted by atomic mass is 9.89. The van der Waals surface area contributed by atoms with E-state index in [1.807, 2.05) is 38.9 Å². The number of carbonyl (C=O) groups excluding carboxylic acids is 1. The van der Waals surface area contributed by atoms with Gasteiger partial charge in [-0.15, -0.1) is 0 Å². The summed E-state index contributed by atoms with van der Waals surface area (Å²) in [4.78, 5) is 48.9. The number of hydrogen-bond donors (Lipinski definition) is 5. The van der Waals surface area contributed by atoms with Crippen LogP contribution in [0.15, 0.2) is 10.6 Å². The zero-order valence-corrected chi connectivity index (χ0v) is 42.1. The zero-order valence-electron chi connectivity index (χ0n) is 42.1. The summed E-state index contributed by atoms with van der Waals surface area (Å²) in [6.45, 7) is 26.8. The van der Waals surface area contributed by atoms with Gasteiger partial charge < -0.3 is 54.6 Å². The van der Waals surface area contributed by atoms with Crippen LogP contribution in [0.25, 0.3) is 0 Å². The molecule has 1 aromatic heterocycles. The molecule has 0 bridgehead atoms. The van der Waals surface area contributed by atoms with Crippen LogP contribution in [-0.4, -0.2) is 176 Å². The molecule has 0 aliphatic carbocycles. The summed E-state index contributed by atoms with van der Waals surface area (Å²) in [6.07, 6.45) is 6.49. The first-order valence-electron chi connectivity index (χ1n) is 23.0. The van der Waals surface area contributed by atoms with Gasteiger partial charge >= 0.3 is 17.9 Å². The number of likely N-dealkylation sites (N-methyl/N-ethyl adjacent to an activating group) is 2. The molecule has 0 atom stereocenters. The minimum absolute atomic E-state index is 0.129. The summed E-state index contributed by atoms with van der Waals surface area (Å²) in [7, 11) is 5.56. The second-order valence-electron chi connectivity index (χ2n) is 20.4. The first-order chi connectivity index (χ1) is 30.1. The van der Waals surface area contributed by atoms with Gasteiger partial charge in [0.15, 0.2) is 5.78 Å². The first-order valence-corrected chi connectivity index (χ1v) is 23.0. The number of carboxylic acids is 3. The molecule has 3 aliphatic heterocycles. The number of nitrogens with one attached hydrogen (secondary N) is 1. The van der Waals surface area contributed by atoms with Crippen LogP contribution in [0, 0.1) is 17.8 Å². The average Bonchev–Trinajstić information content (AvgIpc) is 3.72. The Morgan fingerprint density at radius 1 is 0.708 bits per heavy atom. The van der Waals surface area contributed by atoms with Gasteiger partial charge in [0.05, 0.1) is 37.5 Å². The number of aliphatic carboxylic acids is 3. The summed E-state index contributed by atoms with van der Waals surface area (Å²) in [5.41, 5.74) is 2.33. The number of carboxylic acid groups (broad SMARTS) is 3. The van der Waals surface area contributed by atoms with E-state index in [1.165, 1.54) is 13.8 Å². The largest absolute Gasteiger partial charge is 0.480 e. The number of methoxy groups -OCH3 is 1. The molecular formula is C47H87N5O13. The minimum atomic E-state index is -1.08. The quantitative estimate of drug-likeness (QED) is 0.104. The fourth-order valence-electron chi connectivity index (χ4n) is 6.52. The Morgan fingerprint density at radius 2 is 1.14 bits per heavy atom. The van der Waals surface area contributed by atoms with Gasteiger partial charge in [-0.05, 0) is 132 Å². The van der Waals surface area contributed by atoms with E-state index in [0.717, 1.165) is 103 Å². The molecule has 378 valence electrons. The number of carbonyl (C=O) groups is 4. The van der Waals surface area contributed by atoms with Crippen LogP contribution in [0.2, 0.25) is 0 Å². The van der Waals surface area contributed by atoms with Gasteiger partial charge in [-0.3, -0.25) is 29.0 Å². The number of hydrogen-bond acceptors (Lipinski definition) is 15. The van der Waals surface area contributed by atoms with Crippen molar-refractivity contribution in [3.63, 3.8) is 0 Å². The number of ether oxygens (including phenoxy) is 5. The lowest BCUT2D eigenvalue weighted by Crippen LogP contribution is -2.50. The van der Waals surface area contributed by atoms with Crippen molar-refractivity contribution in [1.29, 1.82) is 0 Å². The summed E-state index contributed by atoms with van der Waals surface area (Å²) < 4.78 is 32.1. The Labute approximate surface area is 388 Å². The smallest absolute Gasteiger partial charge is 0.323 e. The highest BCUT2D eigenvalue weighted by atomic mass is 16.5. The lowest BCUT2D eigenvalue weighted by Gasteiger charge is -2.37. The van der Waals surface area contributed by atoms with Gasteiger partial charge in [0, 0.05) is 71.3 Å². The predicted octanol–water partition coefficient (Wildman–Crippen LogP) is 4.75. The molecule has 4 rings (SSSR count). The summed E-state index contributed by atoms with van der Waals surface area (Å²) in [6, 6.07) is 1.88. The van der Waals surface area contributed by atoms with Crippen LogP contribution in [0.1, 0.15) is 119 Å². The molecule has 3 fully saturated rings. The van der Waals surface area contributed by atoms with E-state index in [2.05, 4.69) is 29.2 Å². The molecule has 4 heterocycles. The molecule has 3 saturated heterocycles. The molecule has 65 heavy (non-hydrogen) atoms. The van der Waals surface area contributed by atoms with Crippen LogP contribution in [0.4, 0.5) is 0 Å². The Bertz CT molecular complexity index is 1540. The standard InChI is InChI=1S/C22H38N2O5.C11H21NO3.C10H19NO3.C4H9NO2/c1-21(2,16-28-12-11-26-6)19-13-18(29-23-19)14-20(25)22(3,4)24(5)15-17-7-9-27-10-8-17;1-11(2,10(13)14)12(3)8-9-4-6-15-7-5-9;1-10(2,9(12)13)11-7-8-3-5-14-6-4-8;1-4(2,5)3(6)7/h13,17H,7-12,14-16H2,1-6H3;9H,4-8H2,1-3H3,(H,13,14);8,11H,3-7H2,1-2H3,(H,12,13);5H2,1-2H3,(H,6,7). The summed E-state index contributed by atoms with van der Waals surface area (Å²) >= 11 is 0. The topological polar surface area (TPSA) is 246 Å². The van der Waals surface area contributed by atoms with E-state index in [0.29, 0.717) is 43.3 Å². The van der Waals surface area contributed by atoms with Crippen LogP contribution in [0.5, 0.6) is 0 Å². The van der Waals surface area contributed by atoms with E-state index in [9.17, 15) is 19.2 Å². The van der Waals surface area contributed by atoms with Crippen LogP contribution >= 0.6 is 0 Å². The van der Waals surface area contributed by atoms with Gasteiger partial charge in [-0.1, -0.05) is 19.0 Å². The van der Waals surface area contributed by atoms with E-state index in [-0.39, 0.29) is 17.6 Å². The number of nitrogens with zero attached hydrogens (tertiary/aromatic N) is 3. The Morgan fingerprint density at radius 3 is 1.54 bits per heavy atom. The SMILES string of the molecule is CC(C)(N)C(=O)O.CC(C)(NCC1CCOCC1)C(=O)O.CN(CC1CCOCC1)C(C)(C)C(=O)O.COCCOCC(C)(C)c1cc(CC(=O)C(C)(C)N(C)CC2CCOCC2)on1. The maximum absolute atomic E-state index is 13.0. The third-order valence-corrected chi connectivity index (χ3v) is 12.6. The second-order valence-corrected chi connectivity index (χ2v) is 20.4. The van der Waals surface area contributed by atoms with E-state index in [1.54, 1.807) is 34.8 Å². The van der Waals surface area contributed by atoms with E-state index in [4.69, 9.17) is 49.3 Å². The highest BCUT2D eigenvalue weighted by Gasteiger charge is 2.36. The second kappa shape index (κ2) is 28.3. The lowest BCUT2D eigenvalue weighted by molar-refractivity contribution is -0.149. The van der Waals surface area contributed by atoms with Crippen molar-refractivity contribution in [3.05, 3.63) is 17.5 Å². The van der Waals surface area contributed by atoms with E-state index >= 15 is 0 Å². The molecule has 0 spiro atoms. The molecule has 18 nitrogen and oxygen atoms in total. The monoisotopic (exact) mass is 930 g/mol. The predicted molar refractivity (Wildman–Crippen MR) is 248 cm³/mol. The van der Waals surface area contributed by atoms with Crippen molar-refractivity contribution in [3.8, 4) is 0 Å². The molecule has 0 radical (unpaired) electrons. The number of ketones is 1. The van der Waals surface area contributed by atoms with Crippen LogP contribution in [0.3, 0.4) is 0 Å². The molecule has 0 amide bonds. The maximum Gasteiger partial charge on any atom is 0.323 e. The maximum atomic E-state index is 13.0. The highest BCUT2D eigenvalue weighted by Crippen LogP contribution is 2.26. The molecule has 0 saturated carbocycles. The highest BCUT2D eigenvalue weighted by molar-refractivity contribution is 5.89. The molecule has 6 N–H and O–H groups in total. The van der Waals surface area contributed by atoms with Crippen molar-refractivity contribution in [2.45, 2.75) is 142 Å². The van der Waals surface area contributed by atoms with Gasteiger partial charge in [-0.2, -0.15) is 0 Å². The zero-order chi connectivity index (χ0) is 49.6. The molecule has 0 unspecified atom stereocenters. The van der Waals surface area contributed by atoms with Gasteiger partial charge in [0.25, 0.3) is 0 Å². The van der Waals surface area contributed by atoms with Gasteiger partial charge in [0.1, 0.15) is 22.4 Å². The number of Topliss-reactive ketones (excluding diaryl/α,β-unsaturated/α-hetero) is 1. The molecule has 3 aliphatic rings. The fraction of sp³-hybridized carbons (Fsp3) is 0.851. The number of rotatable bonds is 21. The van der Waals surface area contributed by atoms with Crippen LogP contribution < -0.4 is 11.1 Å². The van der Waals surface area contributed by atoms with E-state index < -0.39 is 40.1 Å². The van der Waals surface area contributed by atoms with Crippen molar-refractivity contribution >= 4 is 23.7 Å². The molecule has 0 aromatic carbocycles. The average molecular weight is 930 g/mol. The minimum Gasteiger partial charge on any atom is -0.480 e. The summed E-state index contributed by atoms with van der Waals surface area (Å²) in [5, 5.41) is 33.4. The third kappa shape index (κ3) is 22.5. The Balaban J connectivity index is 0.000000491. The van der Waals surface area contributed by atoms with Crippen molar-refractivity contribution in [2.24, 2.45) is 23.5 Å². The third-order valence-electron chi connectivity index (χ3n) is 12.6. The van der Waals surface area contributed by atoms with Crippen molar-refractivity contribution in [1.82, 2.24) is 20.3 Å². The van der Waals surface area contributed by atoms with Crippen molar-refractivity contribution in [2.75, 3.05) is 100 Å². The molecular weight excluding hydrogens is 843 g/mol. The Hall–Kier alpha value is -3.07. The van der Waals surface area contributed by atoms with Crippen molar-refractivity contribution < 1.29 is 62.7 Å². The Kier molecular flexibility index (Phi) is 26.1. The first kappa shape index (κ1) is 59.9. The van der Waals surface area contributed by atoms with Gasteiger partial charge in [-0.25, -0.2) is 0 Å². The number of aromatic nitrogens is 1. The fourth-order valence-corrected chi connectivity index (χ4v) is 6.52. The normalized spacial score (nSPS) is 17.3. The molecule has 1 aromatic rings. The molecule has 18 heteroatoms.